The number of nitrogens with two attached hydrogens (primary N) is 1. The van der Waals surface area contributed by atoms with Crippen molar-refractivity contribution in [3.63, 3.8) is 0 Å². The highest BCUT2D eigenvalue weighted by Gasteiger charge is 2.36. The molecule has 2 rings (SSSR count). The van der Waals surface area contributed by atoms with Crippen molar-refractivity contribution in [3.8, 4) is 5.75 Å². The number of alkyl halides is 6. The van der Waals surface area contributed by atoms with Crippen molar-refractivity contribution in [3.05, 3.63) is 64.5 Å². The molecule has 1 unspecified atom stereocenters. The number of halogens is 7. The average molecular weight is 452 g/mol. The maximum atomic E-state index is 14.2. The van der Waals surface area contributed by atoms with Gasteiger partial charge in [-0.3, -0.25) is 9.59 Å². The van der Waals surface area contributed by atoms with Crippen molar-refractivity contribution in [1.29, 1.82) is 0 Å². The zero-order chi connectivity index (χ0) is 23.6. The van der Waals surface area contributed by atoms with Gasteiger partial charge < -0.3 is 15.8 Å². The van der Waals surface area contributed by atoms with Crippen LogP contribution >= 0.6 is 0 Å². The molecule has 2 aromatic rings. The molecule has 0 heterocycles. The molecule has 0 bridgehead atoms. The zero-order valence-electron chi connectivity index (χ0n) is 15.7. The van der Waals surface area contributed by atoms with Crippen LogP contribution in [0.3, 0.4) is 0 Å². The third-order valence-electron chi connectivity index (χ3n) is 4.01. The summed E-state index contributed by atoms with van der Waals surface area (Å²) in [6.45, 7) is 0.552. The molecule has 0 aliphatic rings. The Morgan fingerprint density at radius 1 is 1.00 bits per heavy atom. The Morgan fingerprint density at radius 3 is 2.00 bits per heavy atom. The van der Waals surface area contributed by atoms with Crippen LogP contribution in [0.2, 0.25) is 0 Å². The van der Waals surface area contributed by atoms with E-state index in [4.69, 9.17) is 10.5 Å². The number of carbonyl (C=O) groups is 2. The minimum atomic E-state index is -5.01. The van der Waals surface area contributed by atoms with Crippen molar-refractivity contribution >= 4 is 11.8 Å². The van der Waals surface area contributed by atoms with Crippen LogP contribution in [0.1, 0.15) is 34.0 Å². The van der Waals surface area contributed by atoms with Gasteiger partial charge in [0.05, 0.1) is 16.7 Å². The maximum Gasteiger partial charge on any atom is 0.416 e. The molecule has 0 fully saturated rings. The highest BCUT2D eigenvalue weighted by atomic mass is 19.4. The van der Waals surface area contributed by atoms with E-state index >= 15 is 0 Å². The van der Waals surface area contributed by atoms with Crippen molar-refractivity contribution in [1.82, 2.24) is 5.32 Å². The fourth-order valence-corrected chi connectivity index (χ4v) is 2.38. The Kier molecular flexibility index (Phi) is 6.82. The quantitative estimate of drug-likeness (QED) is 0.649. The molecular weight excluding hydrogens is 437 g/mol. The summed E-state index contributed by atoms with van der Waals surface area (Å²) < 4.78 is 96.6. The van der Waals surface area contributed by atoms with Gasteiger partial charge in [0.15, 0.2) is 0 Å². The molecule has 0 spiro atoms. The molecule has 168 valence electrons. The molecule has 0 radical (unpaired) electrons. The number of carbonyl (C=O) groups excluding carboxylic acids is 2. The number of benzene rings is 2. The molecule has 31 heavy (non-hydrogen) atoms. The fourth-order valence-electron chi connectivity index (χ4n) is 2.38. The van der Waals surface area contributed by atoms with E-state index in [-0.39, 0.29) is 11.8 Å². The molecule has 0 aliphatic heterocycles. The summed E-state index contributed by atoms with van der Waals surface area (Å²) in [4.78, 5) is 22.9. The Hall–Kier alpha value is -3.31. The van der Waals surface area contributed by atoms with Gasteiger partial charge in [-0.1, -0.05) is 0 Å². The van der Waals surface area contributed by atoms with Gasteiger partial charge in [0.2, 0.25) is 5.91 Å². The van der Waals surface area contributed by atoms with Gasteiger partial charge in [-0.25, -0.2) is 4.39 Å². The molecular formula is C19H15F7N2O3. The van der Waals surface area contributed by atoms with Crippen molar-refractivity contribution in [2.45, 2.75) is 31.9 Å². The van der Waals surface area contributed by atoms with Gasteiger partial charge in [-0.2, -0.15) is 26.3 Å². The van der Waals surface area contributed by atoms with E-state index in [1.165, 1.54) is 6.92 Å². The standard InChI is InChI=1S/C19H15F7N2O3/c1-9(16(27)29)28-17(30)14-3-2-13(7-15(14)20)31-8-10-4-11(18(21,22)23)6-12(5-10)19(24,25)26/h2-7,9H,8H2,1H3,(H2,27,29)(H,28,30). The summed E-state index contributed by atoms with van der Waals surface area (Å²) in [5.41, 5.74) is 1.05. The van der Waals surface area contributed by atoms with Crippen LogP contribution in [0, 0.1) is 5.82 Å². The second-order valence-electron chi connectivity index (χ2n) is 6.44. The van der Waals surface area contributed by atoms with Crippen LogP contribution in [0.5, 0.6) is 5.75 Å². The summed E-state index contributed by atoms with van der Waals surface area (Å²) in [5, 5.41) is 2.15. The highest BCUT2D eigenvalue weighted by molar-refractivity contribution is 5.97. The van der Waals surface area contributed by atoms with Crippen LogP contribution in [0.4, 0.5) is 30.7 Å². The lowest BCUT2D eigenvalue weighted by Crippen LogP contribution is -2.42. The smallest absolute Gasteiger partial charge is 0.416 e. The predicted molar refractivity (Wildman–Crippen MR) is 93.3 cm³/mol. The minimum absolute atomic E-state index is 0.0242. The lowest BCUT2D eigenvalue weighted by Gasteiger charge is -2.15. The maximum absolute atomic E-state index is 14.2. The number of nitrogens with one attached hydrogen (secondary N) is 1. The van der Waals surface area contributed by atoms with Crippen LogP contribution in [-0.4, -0.2) is 17.9 Å². The van der Waals surface area contributed by atoms with Gasteiger partial charge in [0.25, 0.3) is 5.91 Å². The number of hydrogen-bond donors (Lipinski definition) is 2. The molecule has 0 saturated heterocycles. The number of amides is 2. The highest BCUT2D eigenvalue weighted by Crippen LogP contribution is 2.36. The molecule has 0 saturated carbocycles. The van der Waals surface area contributed by atoms with Crippen molar-refractivity contribution in [2.24, 2.45) is 5.73 Å². The third kappa shape index (κ3) is 6.33. The number of hydrogen-bond acceptors (Lipinski definition) is 3. The predicted octanol–water partition coefficient (Wildman–Crippen LogP) is 4.05. The number of rotatable bonds is 6. The van der Waals surface area contributed by atoms with E-state index < -0.39 is 64.9 Å². The topological polar surface area (TPSA) is 81.4 Å². The first kappa shape index (κ1) is 24.0. The van der Waals surface area contributed by atoms with Crippen LogP contribution in [-0.2, 0) is 23.8 Å². The lowest BCUT2D eigenvalue weighted by molar-refractivity contribution is -0.143. The Morgan fingerprint density at radius 2 is 1.55 bits per heavy atom. The molecule has 0 aromatic heterocycles. The SMILES string of the molecule is CC(NC(=O)c1ccc(OCc2cc(C(F)(F)F)cc(C(F)(F)F)c2)cc1F)C(N)=O. The number of ether oxygens (including phenoxy) is 1. The van der Waals surface area contributed by atoms with Crippen LogP contribution in [0.25, 0.3) is 0 Å². The van der Waals surface area contributed by atoms with Crippen LogP contribution < -0.4 is 15.8 Å². The largest absolute Gasteiger partial charge is 0.489 e. The lowest BCUT2D eigenvalue weighted by atomic mass is 10.1. The summed E-state index contributed by atoms with van der Waals surface area (Å²) in [6, 6.07) is 2.65. The Balaban J connectivity index is 2.20. The second kappa shape index (κ2) is 8.82. The van der Waals surface area contributed by atoms with Gasteiger partial charge in [0, 0.05) is 6.07 Å². The monoisotopic (exact) mass is 452 g/mol. The van der Waals surface area contributed by atoms with Gasteiger partial charge in [-0.15, -0.1) is 0 Å². The summed E-state index contributed by atoms with van der Waals surface area (Å²) >= 11 is 0. The second-order valence-corrected chi connectivity index (χ2v) is 6.44. The first-order valence-electron chi connectivity index (χ1n) is 8.49. The molecule has 3 N–H and O–H groups in total. The zero-order valence-corrected chi connectivity index (χ0v) is 15.7. The van der Waals surface area contributed by atoms with Crippen molar-refractivity contribution < 1.29 is 45.1 Å². The van der Waals surface area contributed by atoms with Crippen molar-refractivity contribution in [2.75, 3.05) is 0 Å². The molecule has 5 nitrogen and oxygen atoms in total. The third-order valence-corrected chi connectivity index (χ3v) is 4.01. The normalized spacial score (nSPS) is 12.9. The van der Waals surface area contributed by atoms with E-state index in [1.54, 1.807) is 0 Å². The molecule has 0 aliphatic carbocycles. The van der Waals surface area contributed by atoms with E-state index in [0.717, 1.165) is 18.2 Å². The Bertz CT molecular complexity index is 955. The molecule has 2 aromatic carbocycles. The van der Waals surface area contributed by atoms with Gasteiger partial charge in [0.1, 0.15) is 24.2 Å². The minimum Gasteiger partial charge on any atom is -0.489 e. The molecule has 12 heteroatoms. The van der Waals surface area contributed by atoms with E-state index in [2.05, 4.69) is 5.32 Å². The summed E-state index contributed by atoms with van der Waals surface area (Å²) in [6.07, 6.45) is -10.0. The molecule has 2 amide bonds. The Labute approximate surface area is 171 Å². The number of primary amides is 1. The van der Waals surface area contributed by atoms with Gasteiger partial charge in [-0.05, 0) is 42.8 Å². The first-order chi connectivity index (χ1) is 14.2. The fraction of sp³-hybridized carbons (Fsp3) is 0.263. The average Bonchev–Trinajstić information content (AvgIpc) is 2.64. The molecule has 1 atom stereocenters. The first-order valence-corrected chi connectivity index (χ1v) is 8.49. The van der Waals surface area contributed by atoms with E-state index in [0.29, 0.717) is 12.1 Å². The summed E-state index contributed by atoms with van der Waals surface area (Å²) in [5.74, 6) is -3.15. The van der Waals surface area contributed by atoms with Gasteiger partial charge >= 0.3 is 12.4 Å². The summed E-state index contributed by atoms with van der Waals surface area (Å²) in [7, 11) is 0. The van der Waals surface area contributed by atoms with E-state index in [1.807, 2.05) is 0 Å². The van der Waals surface area contributed by atoms with Crippen LogP contribution in [0.15, 0.2) is 36.4 Å². The van der Waals surface area contributed by atoms with E-state index in [9.17, 15) is 40.3 Å².